The summed E-state index contributed by atoms with van der Waals surface area (Å²) in [5.74, 6) is -0.148. The Morgan fingerprint density at radius 1 is 1.53 bits per heavy atom. The lowest BCUT2D eigenvalue weighted by molar-refractivity contribution is 0.0926. The largest absolute Gasteiger partial charge is 0.394 e. The third kappa shape index (κ3) is 2.57. The van der Waals surface area contributed by atoms with E-state index < -0.39 is 0 Å². The van der Waals surface area contributed by atoms with Crippen LogP contribution in [0.3, 0.4) is 0 Å². The monoisotopic (exact) mass is 250 g/mol. The molecule has 2 aromatic rings. The summed E-state index contributed by atoms with van der Waals surface area (Å²) in [6.07, 6.45) is 3.79. The van der Waals surface area contributed by atoms with Crippen molar-refractivity contribution in [2.24, 2.45) is 0 Å². The van der Waals surface area contributed by atoms with E-state index >= 15 is 0 Å². The Kier molecular flexibility index (Phi) is 3.61. The first-order valence-corrected chi connectivity index (χ1v) is 6.23. The molecule has 17 heavy (non-hydrogen) atoms. The standard InChI is InChI=1S/C12H14N2O2S/c1-9(8-15)13-12(16)11-10(4-7-17-11)14-5-2-3-6-14/h2-7,9,15H,8H2,1H3,(H,13,16)/t9-/m0/s1. The van der Waals surface area contributed by atoms with Crippen molar-refractivity contribution in [3.63, 3.8) is 0 Å². The summed E-state index contributed by atoms with van der Waals surface area (Å²) < 4.78 is 1.90. The number of carbonyl (C=O) groups excluding carboxylic acids is 1. The third-order valence-corrected chi connectivity index (χ3v) is 3.29. The number of thiophene rings is 1. The van der Waals surface area contributed by atoms with Crippen LogP contribution in [0.5, 0.6) is 0 Å². The van der Waals surface area contributed by atoms with E-state index in [0.717, 1.165) is 5.69 Å². The predicted octanol–water partition coefficient (Wildman–Crippen LogP) is 1.65. The highest BCUT2D eigenvalue weighted by Gasteiger charge is 2.15. The Morgan fingerprint density at radius 2 is 2.24 bits per heavy atom. The summed E-state index contributed by atoms with van der Waals surface area (Å²) in [5, 5.41) is 13.5. The Hall–Kier alpha value is -1.59. The first-order valence-electron chi connectivity index (χ1n) is 5.35. The second-order valence-corrected chi connectivity index (χ2v) is 4.70. The van der Waals surface area contributed by atoms with Crippen LogP contribution in [0.1, 0.15) is 16.6 Å². The van der Waals surface area contributed by atoms with E-state index in [1.807, 2.05) is 40.5 Å². The molecule has 90 valence electrons. The van der Waals surface area contributed by atoms with E-state index in [1.165, 1.54) is 11.3 Å². The number of nitrogens with zero attached hydrogens (tertiary/aromatic N) is 1. The Morgan fingerprint density at radius 3 is 2.88 bits per heavy atom. The van der Waals surface area contributed by atoms with Crippen molar-refractivity contribution < 1.29 is 9.90 Å². The molecule has 2 heterocycles. The zero-order chi connectivity index (χ0) is 12.3. The minimum Gasteiger partial charge on any atom is -0.394 e. The van der Waals surface area contributed by atoms with Gasteiger partial charge in [-0.05, 0) is 30.5 Å². The first kappa shape index (κ1) is 11.9. The highest BCUT2D eigenvalue weighted by molar-refractivity contribution is 7.12. The van der Waals surface area contributed by atoms with Gasteiger partial charge in [-0.2, -0.15) is 0 Å². The zero-order valence-electron chi connectivity index (χ0n) is 9.46. The topological polar surface area (TPSA) is 54.3 Å². The van der Waals surface area contributed by atoms with Crippen LogP contribution in [0.2, 0.25) is 0 Å². The molecule has 0 aliphatic rings. The molecule has 0 aliphatic heterocycles. The maximum absolute atomic E-state index is 12.0. The lowest BCUT2D eigenvalue weighted by atomic mass is 10.3. The fraction of sp³-hybridized carbons (Fsp3) is 0.250. The molecule has 0 aromatic carbocycles. The van der Waals surface area contributed by atoms with E-state index in [0.29, 0.717) is 4.88 Å². The summed E-state index contributed by atoms with van der Waals surface area (Å²) in [6, 6.07) is 5.50. The van der Waals surface area contributed by atoms with Gasteiger partial charge in [0.15, 0.2) is 0 Å². The average Bonchev–Trinajstić information content (AvgIpc) is 2.98. The lowest BCUT2D eigenvalue weighted by Gasteiger charge is -2.11. The van der Waals surface area contributed by atoms with Crippen molar-refractivity contribution in [3.05, 3.63) is 40.8 Å². The van der Waals surface area contributed by atoms with Crippen LogP contribution in [-0.4, -0.2) is 28.2 Å². The van der Waals surface area contributed by atoms with Gasteiger partial charge in [0.05, 0.1) is 12.3 Å². The van der Waals surface area contributed by atoms with Crippen LogP contribution in [0.15, 0.2) is 36.0 Å². The molecular weight excluding hydrogens is 236 g/mol. The maximum Gasteiger partial charge on any atom is 0.263 e. The number of aliphatic hydroxyl groups excluding tert-OH is 1. The van der Waals surface area contributed by atoms with Crippen LogP contribution in [0.25, 0.3) is 5.69 Å². The minimum atomic E-state index is -0.234. The number of carbonyl (C=O) groups is 1. The average molecular weight is 250 g/mol. The molecule has 0 aliphatic carbocycles. The van der Waals surface area contributed by atoms with E-state index in [1.54, 1.807) is 6.92 Å². The summed E-state index contributed by atoms with van der Waals surface area (Å²) in [5.41, 5.74) is 0.864. The quantitative estimate of drug-likeness (QED) is 0.867. The van der Waals surface area contributed by atoms with Gasteiger partial charge in [-0.3, -0.25) is 4.79 Å². The minimum absolute atomic E-state index is 0.0596. The molecule has 0 fully saturated rings. The normalized spacial score (nSPS) is 12.4. The van der Waals surface area contributed by atoms with Crippen molar-refractivity contribution in [3.8, 4) is 5.69 Å². The molecule has 2 rings (SSSR count). The summed E-state index contributed by atoms with van der Waals surface area (Å²) in [4.78, 5) is 12.6. The summed E-state index contributed by atoms with van der Waals surface area (Å²) in [7, 11) is 0. The summed E-state index contributed by atoms with van der Waals surface area (Å²) in [6.45, 7) is 1.71. The number of rotatable bonds is 4. The van der Waals surface area contributed by atoms with E-state index in [9.17, 15) is 4.79 Å². The van der Waals surface area contributed by atoms with Gasteiger partial charge in [-0.15, -0.1) is 11.3 Å². The van der Waals surface area contributed by atoms with Crippen LogP contribution < -0.4 is 5.32 Å². The van der Waals surface area contributed by atoms with E-state index in [4.69, 9.17) is 5.11 Å². The molecule has 0 saturated carbocycles. The van der Waals surface area contributed by atoms with Crippen molar-refractivity contribution in [2.75, 3.05) is 6.61 Å². The predicted molar refractivity (Wildman–Crippen MR) is 67.7 cm³/mol. The van der Waals surface area contributed by atoms with Gasteiger partial charge in [0.1, 0.15) is 4.88 Å². The van der Waals surface area contributed by atoms with Gasteiger partial charge in [0, 0.05) is 18.4 Å². The van der Waals surface area contributed by atoms with Gasteiger partial charge >= 0.3 is 0 Å². The highest BCUT2D eigenvalue weighted by atomic mass is 32.1. The number of hydrogen-bond acceptors (Lipinski definition) is 3. The van der Waals surface area contributed by atoms with Crippen molar-refractivity contribution in [2.45, 2.75) is 13.0 Å². The lowest BCUT2D eigenvalue weighted by Crippen LogP contribution is -2.34. The number of amides is 1. The number of hydrogen-bond donors (Lipinski definition) is 2. The first-order chi connectivity index (χ1) is 8.22. The maximum atomic E-state index is 12.0. The van der Waals surface area contributed by atoms with Crippen LogP contribution >= 0.6 is 11.3 Å². The zero-order valence-corrected chi connectivity index (χ0v) is 10.3. The molecule has 0 saturated heterocycles. The number of aromatic nitrogens is 1. The molecule has 5 heteroatoms. The molecule has 2 N–H and O–H groups in total. The van der Waals surface area contributed by atoms with Crippen LogP contribution in [0.4, 0.5) is 0 Å². The summed E-state index contributed by atoms with van der Waals surface area (Å²) >= 11 is 1.39. The molecule has 2 aromatic heterocycles. The molecule has 1 amide bonds. The van der Waals surface area contributed by atoms with Gasteiger partial charge in [0.2, 0.25) is 0 Å². The van der Waals surface area contributed by atoms with Crippen molar-refractivity contribution >= 4 is 17.2 Å². The molecule has 4 nitrogen and oxygen atoms in total. The van der Waals surface area contributed by atoms with Crippen LogP contribution in [-0.2, 0) is 0 Å². The van der Waals surface area contributed by atoms with Crippen molar-refractivity contribution in [1.82, 2.24) is 9.88 Å². The Labute approximate surface area is 104 Å². The molecule has 0 unspecified atom stereocenters. The SMILES string of the molecule is C[C@@H](CO)NC(=O)c1sccc1-n1cccc1. The Balaban J connectivity index is 2.22. The second kappa shape index (κ2) is 5.16. The smallest absolute Gasteiger partial charge is 0.263 e. The van der Waals surface area contributed by atoms with Gasteiger partial charge in [-0.25, -0.2) is 0 Å². The third-order valence-electron chi connectivity index (χ3n) is 2.38. The Bertz CT molecular complexity index is 490. The van der Waals surface area contributed by atoms with E-state index in [-0.39, 0.29) is 18.6 Å². The van der Waals surface area contributed by atoms with Gasteiger partial charge < -0.3 is 15.0 Å². The molecule has 0 spiro atoms. The molecule has 1 atom stereocenters. The van der Waals surface area contributed by atoms with E-state index in [2.05, 4.69) is 5.32 Å². The fourth-order valence-electron chi connectivity index (χ4n) is 1.51. The number of nitrogens with one attached hydrogen (secondary N) is 1. The number of aliphatic hydroxyl groups is 1. The molecule has 0 bridgehead atoms. The highest BCUT2D eigenvalue weighted by Crippen LogP contribution is 2.21. The van der Waals surface area contributed by atoms with Crippen LogP contribution in [0, 0.1) is 0 Å². The van der Waals surface area contributed by atoms with Gasteiger partial charge in [-0.1, -0.05) is 0 Å². The molecule has 0 radical (unpaired) electrons. The van der Waals surface area contributed by atoms with Crippen molar-refractivity contribution in [1.29, 1.82) is 0 Å². The second-order valence-electron chi connectivity index (χ2n) is 3.78. The molecular formula is C12H14N2O2S. The fourth-order valence-corrected chi connectivity index (χ4v) is 2.30. The van der Waals surface area contributed by atoms with Gasteiger partial charge in [0.25, 0.3) is 5.91 Å².